The molecule has 3 rings (SSSR count). The summed E-state index contributed by atoms with van der Waals surface area (Å²) >= 11 is 0. The molecule has 0 bridgehead atoms. The van der Waals surface area contributed by atoms with Gasteiger partial charge >= 0.3 is 5.69 Å². The van der Waals surface area contributed by atoms with Crippen molar-refractivity contribution in [2.45, 2.75) is 13.8 Å². The smallest absolute Gasteiger partial charge is 0.385 e. The van der Waals surface area contributed by atoms with E-state index < -0.39 is 0 Å². The first kappa shape index (κ1) is 11.5. The Bertz CT molecular complexity index is 860. The minimum Gasteiger partial charge on any atom is -0.867 e. The third kappa shape index (κ3) is 1.61. The molecular weight excluding hydrogens is 236 g/mol. The Balaban J connectivity index is 2.67. The molecule has 0 atom stereocenters. The molecule has 0 saturated carbocycles. The number of aryl methyl sites for hydroxylation is 2. The van der Waals surface area contributed by atoms with E-state index in [9.17, 15) is 5.11 Å². The average Bonchev–Trinajstić information content (AvgIpc) is 2.40. The molecule has 0 N–H and O–H groups in total. The molecule has 0 fully saturated rings. The number of diazo groups is 1. The minimum absolute atomic E-state index is 0.117. The summed E-state index contributed by atoms with van der Waals surface area (Å²) in [5, 5.41) is 24.6. The van der Waals surface area contributed by atoms with Crippen molar-refractivity contribution in [3.05, 3.63) is 52.5 Å². The van der Waals surface area contributed by atoms with Crippen molar-refractivity contribution < 1.29 is 5.11 Å². The van der Waals surface area contributed by atoms with Crippen molar-refractivity contribution in [2.24, 2.45) is 0 Å². The summed E-state index contributed by atoms with van der Waals surface area (Å²) in [6.45, 7) is 4.00. The van der Waals surface area contributed by atoms with Crippen LogP contribution in [-0.4, -0.2) is 0 Å². The number of nitrogens with zero attached hydrogens (tertiary/aromatic N) is 2. The summed E-state index contributed by atoms with van der Waals surface area (Å²) in [6, 6.07) is 11.5. The van der Waals surface area contributed by atoms with E-state index >= 15 is 0 Å². The highest BCUT2D eigenvalue weighted by molar-refractivity contribution is 6.16. The second kappa shape index (κ2) is 3.96. The highest BCUT2D eigenvalue weighted by atomic mass is 16.3. The van der Waals surface area contributed by atoms with Gasteiger partial charge in [0.1, 0.15) is 0 Å². The zero-order valence-corrected chi connectivity index (χ0v) is 10.8. The van der Waals surface area contributed by atoms with E-state index in [1.165, 1.54) is 0 Å². The van der Waals surface area contributed by atoms with Crippen LogP contribution in [0.15, 0.2) is 36.4 Å². The maximum atomic E-state index is 12.3. The van der Waals surface area contributed by atoms with Crippen LogP contribution in [0, 0.1) is 19.2 Å². The van der Waals surface area contributed by atoms with Crippen LogP contribution < -0.4 is 5.11 Å². The van der Waals surface area contributed by atoms with Gasteiger partial charge in [0, 0.05) is 0 Å². The van der Waals surface area contributed by atoms with Crippen LogP contribution in [-0.2, 0) is 0 Å². The van der Waals surface area contributed by atoms with Gasteiger partial charge in [-0.1, -0.05) is 41.5 Å². The van der Waals surface area contributed by atoms with Gasteiger partial charge in [-0.2, -0.15) is 0 Å². The predicted molar refractivity (Wildman–Crippen MR) is 75.1 cm³/mol. The van der Waals surface area contributed by atoms with Crippen LogP contribution >= 0.6 is 0 Å². The number of hydrogen-bond donors (Lipinski definition) is 0. The van der Waals surface area contributed by atoms with Gasteiger partial charge < -0.3 is 5.11 Å². The highest BCUT2D eigenvalue weighted by Crippen LogP contribution is 2.41. The van der Waals surface area contributed by atoms with Gasteiger partial charge in [0.2, 0.25) is 5.39 Å². The number of hydrogen-bond acceptors (Lipinski definition) is 2. The second-order valence-electron chi connectivity index (χ2n) is 4.88. The summed E-state index contributed by atoms with van der Waals surface area (Å²) < 4.78 is 0. The summed E-state index contributed by atoms with van der Waals surface area (Å²) in [5.74, 6) is -0.228. The van der Waals surface area contributed by atoms with Crippen molar-refractivity contribution in [2.75, 3.05) is 0 Å². The quantitative estimate of drug-likeness (QED) is 0.443. The van der Waals surface area contributed by atoms with Gasteiger partial charge in [-0.3, -0.25) is 0 Å². The molecule has 3 aromatic carbocycles. The largest absolute Gasteiger partial charge is 0.867 e. The van der Waals surface area contributed by atoms with E-state index in [0.29, 0.717) is 10.8 Å². The molecule has 92 valence electrons. The molecule has 0 aliphatic heterocycles. The first-order valence-electron chi connectivity index (χ1n) is 6.10. The highest BCUT2D eigenvalue weighted by Gasteiger charge is 2.17. The van der Waals surface area contributed by atoms with Crippen molar-refractivity contribution in [1.82, 2.24) is 0 Å². The number of benzene rings is 3. The maximum Gasteiger partial charge on any atom is 0.385 e. The van der Waals surface area contributed by atoms with Crippen LogP contribution in [0.3, 0.4) is 0 Å². The topological polar surface area (TPSA) is 51.2 Å². The Hall–Kier alpha value is -2.60. The SMILES string of the molecule is Cc1ccc2c([O-])c([N+]#N)c3ccc(C)cc3c2c1. The molecule has 0 heterocycles. The lowest BCUT2D eigenvalue weighted by atomic mass is 9.96. The number of rotatable bonds is 0. The van der Waals surface area contributed by atoms with Gasteiger partial charge in [-0.05, 0) is 41.8 Å². The Morgan fingerprint density at radius 2 is 1.37 bits per heavy atom. The van der Waals surface area contributed by atoms with Crippen molar-refractivity contribution in [1.29, 1.82) is 5.39 Å². The molecule has 0 saturated heterocycles. The van der Waals surface area contributed by atoms with E-state index in [1.54, 1.807) is 6.07 Å². The van der Waals surface area contributed by atoms with Gasteiger partial charge in [0.05, 0.1) is 5.39 Å². The zero-order chi connectivity index (χ0) is 13.6. The van der Waals surface area contributed by atoms with Crippen LogP contribution in [0.5, 0.6) is 5.75 Å². The molecule has 0 unspecified atom stereocenters. The summed E-state index contributed by atoms with van der Waals surface area (Å²) in [6.07, 6.45) is 0. The summed E-state index contributed by atoms with van der Waals surface area (Å²) in [7, 11) is 0. The van der Waals surface area contributed by atoms with Crippen LogP contribution in [0.25, 0.3) is 26.5 Å². The molecule has 3 nitrogen and oxygen atoms in total. The fourth-order valence-corrected chi connectivity index (χ4v) is 2.52. The lowest BCUT2D eigenvalue weighted by Gasteiger charge is -2.12. The Morgan fingerprint density at radius 1 is 0.842 bits per heavy atom. The van der Waals surface area contributed by atoms with Crippen molar-refractivity contribution in [3.8, 4) is 5.75 Å². The lowest BCUT2D eigenvalue weighted by Crippen LogP contribution is -1.93. The molecule has 0 aliphatic carbocycles. The van der Waals surface area contributed by atoms with E-state index in [2.05, 4.69) is 4.98 Å². The molecule has 0 aliphatic rings. The van der Waals surface area contributed by atoms with Crippen LogP contribution in [0.2, 0.25) is 0 Å². The molecule has 3 aromatic rings. The minimum atomic E-state index is -0.228. The summed E-state index contributed by atoms with van der Waals surface area (Å²) in [4.78, 5) is 3.19. The zero-order valence-electron chi connectivity index (χ0n) is 10.8. The molecule has 0 aromatic heterocycles. The average molecular weight is 248 g/mol. The Labute approximate surface area is 110 Å². The van der Waals surface area contributed by atoms with Crippen LogP contribution in [0.1, 0.15) is 11.1 Å². The van der Waals surface area contributed by atoms with E-state index in [1.807, 2.05) is 44.2 Å². The van der Waals surface area contributed by atoms with E-state index in [4.69, 9.17) is 5.39 Å². The molecule has 0 spiro atoms. The maximum absolute atomic E-state index is 12.3. The monoisotopic (exact) mass is 248 g/mol. The molecule has 3 heteroatoms. The van der Waals surface area contributed by atoms with Gasteiger partial charge in [0.25, 0.3) is 0 Å². The van der Waals surface area contributed by atoms with E-state index in [-0.39, 0.29) is 11.4 Å². The third-order valence-corrected chi connectivity index (χ3v) is 3.46. The van der Waals surface area contributed by atoms with Crippen molar-refractivity contribution in [3.63, 3.8) is 0 Å². The first-order valence-corrected chi connectivity index (χ1v) is 6.10. The Kier molecular flexibility index (Phi) is 2.39. The predicted octanol–water partition coefficient (Wildman–Crippen LogP) is 4.17. The summed E-state index contributed by atoms with van der Waals surface area (Å²) in [5.41, 5.74) is 2.33. The molecule has 0 amide bonds. The van der Waals surface area contributed by atoms with Gasteiger partial charge in [-0.15, -0.1) is 0 Å². The fourth-order valence-electron chi connectivity index (χ4n) is 2.52. The fraction of sp³-hybridized carbons (Fsp3) is 0.125. The molecule has 0 radical (unpaired) electrons. The standard InChI is InChI=1S/C16H12N2O/c1-9-3-5-11-13(7-9)14-8-10(2)4-6-12(14)16(19)15(11)18-17/h3-8H,1-2H3. The molecular formula is C16H12N2O. The van der Waals surface area contributed by atoms with Gasteiger partial charge in [0.15, 0.2) is 4.98 Å². The van der Waals surface area contributed by atoms with Crippen LogP contribution in [0.4, 0.5) is 5.69 Å². The third-order valence-electron chi connectivity index (χ3n) is 3.46. The normalized spacial score (nSPS) is 10.8. The van der Waals surface area contributed by atoms with E-state index in [0.717, 1.165) is 21.9 Å². The molecule has 19 heavy (non-hydrogen) atoms. The lowest BCUT2D eigenvalue weighted by molar-refractivity contribution is -0.264. The van der Waals surface area contributed by atoms with Crippen molar-refractivity contribution >= 4 is 27.2 Å². The number of fused-ring (bicyclic) bond motifs is 3. The Morgan fingerprint density at radius 3 is 1.95 bits per heavy atom. The van der Waals surface area contributed by atoms with Gasteiger partial charge in [-0.25, -0.2) is 0 Å². The second-order valence-corrected chi connectivity index (χ2v) is 4.88. The first-order chi connectivity index (χ1) is 9.11.